The summed E-state index contributed by atoms with van der Waals surface area (Å²) in [6.45, 7) is 3.31. The molecule has 0 aliphatic carbocycles. The van der Waals surface area contributed by atoms with E-state index < -0.39 is 18.0 Å². The van der Waals surface area contributed by atoms with Crippen LogP contribution in [0.15, 0.2) is 48.5 Å². The number of halogens is 1. The van der Waals surface area contributed by atoms with Gasteiger partial charge in [0.05, 0.1) is 5.56 Å². The van der Waals surface area contributed by atoms with Crippen molar-refractivity contribution < 1.29 is 19.1 Å². The Bertz CT molecular complexity index is 788. The van der Waals surface area contributed by atoms with Crippen LogP contribution in [-0.2, 0) is 20.9 Å². The number of carbonyl (C=O) groups is 3. The topological polar surface area (TPSA) is 84.5 Å². The van der Waals surface area contributed by atoms with E-state index in [4.69, 9.17) is 16.3 Å². The van der Waals surface area contributed by atoms with E-state index in [2.05, 4.69) is 10.6 Å². The van der Waals surface area contributed by atoms with Crippen molar-refractivity contribution in [2.75, 3.05) is 5.32 Å². The van der Waals surface area contributed by atoms with Crippen molar-refractivity contribution in [3.05, 3.63) is 64.7 Å². The average molecular weight is 375 g/mol. The number of hydrogen-bond acceptors (Lipinski definition) is 4. The molecule has 2 rings (SSSR count). The molecule has 0 radical (unpaired) electrons. The average Bonchev–Trinajstić information content (AvgIpc) is 2.62. The van der Waals surface area contributed by atoms with Crippen LogP contribution in [-0.4, -0.2) is 23.9 Å². The van der Waals surface area contributed by atoms with Gasteiger partial charge >= 0.3 is 5.97 Å². The Hall–Kier alpha value is -2.86. The van der Waals surface area contributed by atoms with E-state index in [1.54, 1.807) is 48.5 Å². The molecule has 1 unspecified atom stereocenters. The highest BCUT2D eigenvalue weighted by Gasteiger charge is 2.19. The molecule has 7 heteroatoms. The van der Waals surface area contributed by atoms with Gasteiger partial charge in [0.15, 0.2) is 6.10 Å². The first kappa shape index (κ1) is 19.5. The number of carbonyl (C=O) groups excluding carboxylic acids is 3. The van der Waals surface area contributed by atoms with Crippen molar-refractivity contribution in [1.29, 1.82) is 0 Å². The fourth-order valence-electron chi connectivity index (χ4n) is 2.04. The van der Waals surface area contributed by atoms with Gasteiger partial charge < -0.3 is 15.4 Å². The van der Waals surface area contributed by atoms with Gasteiger partial charge in [0.1, 0.15) is 0 Å². The smallest absolute Gasteiger partial charge is 0.338 e. The Morgan fingerprint density at radius 1 is 1.04 bits per heavy atom. The van der Waals surface area contributed by atoms with Crippen molar-refractivity contribution >= 4 is 35.1 Å². The van der Waals surface area contributed by atoms with Crippen molar-refractivity contribution in [3.63, 3.8) is 0 Å². The van der Waals surface area contributed by atoms with E-state index >= 15 is 0 Å². The van der Waals surface area contributed by atoms with Gasteiger partial charge in [-0.1, -0.05) is 23.7 Å². The SMILES string of the molecule is CC(=O)NCc1ccc(C(=O)OC(C)C(=O)Nc2ccc(Cl)cc2)cc1. The molecule has 0 aromatic heterocycles. The largest absolute Gasteiger partial charge is 0.449 e. The third-order valence-corrected chi connectivity index (χ3v) is 3.75. The first-order chi connectivity index (χ1) is 12.3. The maximum absolute atomic E-state index is 12.1. The summed E-state index contributed by atoms with van der Waals surface area (Å²) in [7, 11) is 0. The zero-order chi connectivity index (χ0) is 19.1. The van der Waals surface area contributed by atoms with E-state index in [1.807, 2.05) is 0 Å². The number of esters is 1. The highest BCUT2D eigenvalue weighted by Crippen LogP contribution is 2.14. The molecule has 2 aromatic carbocycles. The molecular formula is C19H19ClN2O4. The first-order valence-corrected chi connectivity index (χ1v) is 8.34. The molecule has 6 nitrogen and oxygen atoms in total. The van der Waals surface area contributed by atoms with Crippen LogP contribution in [0.2, 0.25) is 5.02 Å². The minimum absolute atomic E-state index is 0.131. The number of anilines is 1. The number of hydrogen-bond donors (Lipinski definition) is 2. The zero-order valence-corrected chi connectivity index (χ0v) is 15.2. The van der Waals surface area contributed by atoms with E-state index in [0.717, 1.165) is 5.56 Å². The normalized spacial score (nSPS) is 11.3. The molecule has 26 heavy (non-hydrogen) atoms. The molecule has 0 saturated heterocycles. The Labute approximate surface area is 156 Å². The lowest BCUT2D eigenvalue weighted by molar-refractivity contribution is -0.123. The monoisotopic (exact) mass is 374 g/mol. The molecule has 2 aromatic rings. The molecule has 136 valence electrons. The summed E-state index contributed by atoms with van der Waals surface area (Å²) in [4.78, 5) is 35.1. The molecule has 0 aliphatic heterocycles. The van der Waals surface area contributed by atoms with Crippen LogP contribution in [0, 0.1) is 0 Å². The molecule has 1 atom stereocenters. The lowest BCUT2D eigenvalue weighted by Crippen LogP contribution is -2.30. The summed E-state index contributed by atoms with van der Waals surface area (Å²) >= 11 is 5.79. The van der Waals surface area contributed by atoms with Crippen LogP contribution >= 0.6 is 11.6 Å². The molecule has 0 bridgehead atoms. The van der Waals surface area contributed by atoms with Gasteiger partial charge in [-0.05, 0) is 48.9 Å². The van der Waals surface area contributed by atoms with Crippen molar-refractivity contribution in [2.24, 2.45) is 0 Å². The van der Waals surface area contributed by atoms with Crippen molar-refractivity contribution in [3.8, 4) is 0 Å². The van der Waals surface area contributed by atoms with Crippen molar-refractivity contribution in [1.82, 2.24) is 5.32 Å². The number of benzene rings is 2. The second kappa shape index (κ2) is 9.01. The number of rotatable bonds is 6. The van der Waals surface area contributed by atoms with Gasteiger partial charge in [-0.2, -0.15) is 0 Å². The Balaban J connectivity index is 1.90. The fourth-order valence-corrected chi connectivity index (χ4v) is 2.17. The molecular weight excluding hydrogens is 356 g/mol. The summed E-state index contributed by atoms with van der Waals surface area (Å²) < 4.78 is 5.19. The van der Waals surface area contributed by atoms with E-state index in [1.165, 1.54) is 13.8 Å². The summed E-state index contributed by atoms with van der Waals surface area (Å²) in [5.74, 6) is -1.17. The summed E-state index contributed by atoms with van der Waals surface area (Å²) in [5.41, 5.74) is 1.73. The molecule has 0 spiro atoms. The minimum atomic E-state index is -0.961. The molecule has 0 heterocycles. The van der Waals surface area contributed by atoms with Crippen LogP contribution in [0.3, 0.4) is 0 Å². The van der Waals surface area contributed by atoms with Gasteiger partial charge in [0, 0.05) is 24.2 Å². The number of ether oxygens (including phenoxy) is 1. The van der Waals surface area contributed by atoms with E-state index in [-0.39, 0.29) is 5.91 Å². The molecule has 0 fully saturated rings. The predicted molar refractivity (Wildman–Crippen MR) is 98.9 cm³/mol. The van der Waals surface area contributed by atoms with Crippen molar-refractivity contribution in [2.45, 2.75) is 26.5 Å². The fraction of sp³-hybridized carbons (Fsp3) is 0.211. The Kier molecular flexibility index (Phi) is 6.74. The van der Waals surface area contributed by atoms with Crippen LogP contribution in [0.5, 0.6) is 0 Å². The van der Waals surface area contributed by atoms with E-state index in [9.17, 15) is 14.4 Å². The second-order valence-corrected chi connectivity index (χ2v) is 6.09. The third kappa shape index (κ3) is 5.89. The minimum Gasteiger partial charge on any atom is -0.449 e. The summed E-state index contributed by atoms with van der Waals surface area (Å²) in [6, 6.07) is 13.2. The number of amides is 2. The van der Waals surface area contributed by atoms with E-state index in [0.29, 0.717) is 22.8 Å². The molecule has 2 N–H and O–H groups in total. The Morgan fingerprint density at radius 3 is 2.23 bits per heavy atom. The quantitative estimate of drug-likeness (QED) is 0.760. The first-order valence-electron chi connectivity index (χ1n) is 7.96. The lowest BCUT2D eigenvalue weighted by atomic mass is 10.1. The van der Waals surface area contributed by atoms with Crippen LogP contribution in [0.25, 0.3) is 0 Å². The Morgan fingerprint density at radius 2 is 1.65 bits per heavy atom. The summed E-state index contributed by atoms with van der Waals surface area (Å²) in [5, 5.41) is 5.87. The molecule has 0 saturated carbocycles. The number of nitrogens with one attached hydrogen (secondary N) is 2. The highest BCUT2D eigenvalue weighted by atomic mass is 35.5. The van der Waals surface area contributed by atoms with Gasteiger partial charge in [-0.25, -0.2) is 4.79 Å². The van der Waals surface area contributed by atoms with Crippen LogP contribution < -0.4 is 10.6 Å². The van der Waals surface area contributed by atoms with Gasteiger partial charge in [-0.15, -0.1) is 0 Å². The lowest BCUT2D eigenvalue weighted by Gasteiger charge is -2.14. The molecule has 0 aliphatic rings. The second-order valence-electron chi connectivity index (χ2n) is 5.65. The maximum atomic E-state index is 12.1. The van der Waals surface area contributed by atoms with Gasteiger partial charge in [0.25, 0.3) is 5.91 Å². The standard InChI is InChI=1S/C19H19ClN2O4/c1-12(18(24)22-17-9-7-16(20)8-10-17)26-19(25)15-5-3-14(4-6-15)11-21-13(2)23/h3-10,12H,11H2,1-2H3,(H,21,23)(H,22,24). The third-order valence-electron chi connectivity index (χ3n) is 3.50. The van der Waals surface area contributed by atoms with Gasteiger partial charge in [-0.3, -0.25) is 9.59 Å². The zero-order valence-electron chi connectivity index (χ0n) is 14.4. The van der Waals surface area contributed by atoms with Crippen LogP contribution in [0.1, 0.15) is 29.8 Å². The summed E-state index contributed by atoms with van der Waals surface area (Å²) in [6.07, 6.45) is -0.961. The van der Waals surface area contributed by atoms with Crippen LogP contribution in [0.4, 0.5) is 5.69 Å². The maximum Gasteiger partial charge on any atom is 0.338 e. The molecule has 2 amide bonds. The predicted octanol–water partition coefficient (Wildman–Crippen LogP) is 3.16. The van der Waals surface area contributed by atoms with Gasteiger partial charge in [0.2, 0.25) is 5.91 Å². The highest BCUT2D eigenvalue weighted by molar-refractivity contribution is 6.30.